The first-order valence-electron chi connectivity index (χ1n) is 6.22. The minimum atomic E-state index is -0.997. The van der Waals surface area contributed by atoms with Crippen molar-refractivity contribution >= 4 is 23.8 Å². The van der Waals surface area contributed by atoms with Gasteiger partial charge in [-0.1, -0.05) is 20.3 Å². The van der Waals surface area contributed by atoms with E-state index in [1.54, 1.807) is 25.6 Å². The van der Waals surface area contributed by atoms with Crippen molar-refractivity contribution in [3.8, 4) is 0 Å². The van der Waals surface area contributed by atoms with Crippen LogP contribution in [0.4, 0.5) is 4.79 Å². The molecule has 1 aliphatic rings. The molecule has 3 N–H and O–H groups in total. The van der Waals surface area contributed by atoms with E-state index in [4.69, 9.17) is 5.11 Å². The highest BCUT2D eigenvalue weighted by atomic mass is 32.2. The number of hydrogen-bond donors (Lipinski definition) is 3. The Morgan fingerprint density at radius 1 is 1.39 bits per heavy atom. The van der Waals surface area contributed by atoms with Crippen LogP contribution in [0.25, 0.3) is 0 Å². The lowest BCUT2D eigenvalue weighted by molar-refractivity contribution is -0.140. The molecule has 0 aliphatic heterocycles. The zero-order valence-corrected chi connectivity index (χ0v) is 12.0. The number of carbonyl (C=O) groups excluding carboxylic acids is 1. The highest BCUT2D eigenvalue weighted by Crippen LogP contribution is 2.42. The summed E-state index contributed by atoms with van der Waals surface area (Å²) in [5.41, 5.74) is 0. The Hall–Kier alpha value is -0.910. The zero-order valence-electron chi connectivity index (χ0n) is 11.2. The number of carbonyl (C=O) groups is 2. The first kappa shape index (κ1) is 15.1. The van der Waals surface area contributed by atoms with E-state index in [0.717, 1.165) is 12.8 Å². The lowest BCUT2D eigenvalue weighted by atomic mass is 9.84. The van der Waals surface area contributed by atoms with Crippen molar-refractivity contribution in [3.05, 3.63) is 0 Å². The van der Waals surface area contributed by atoms with Gasteiger partial charge in [0.15, 0.2) is 0 Å². The van der Waals surface area contributed by atoms with Crippen molar-refractivity contribution in [2.45, 2.75) is 43.9 Å². The Balaban J connectivity index is 2.39. The molecular weight excluding hydrogens is 252 g/mol. The molecule has 2 amide bonds. The molecule has 104 valence electrons. The number of thioether (sulfide) groups is 1. The fourth-order valence-corrected chi connectivity index (χ4v) is 2.88. The topological polar surface area (TPSA) is 78.4 Å². The van der Waals surface area contributed by atoms with Crippen LogP contribution in [0, 0.1) is 5.92 Å². The quantitative estimate of drug-likeness (QED) is 0.688. The van der Waals surface area contributed by atoms with Gasteiger partial charge in [0, 0.05) is 11.3 Å². The molecule has 0 saturated heterocycles. The number of urea groups is 1. The second-order valence-corrected chi connectivity index (χ2v) is 6.40. The van der Waals surface area contributed by atoms with Gasteiger partial charge < -0.3 is 15.7 Å². The van der Waals surface area contributed by atoms with Crippen LogP contribution in [0.3, 0.4) is 0 Å². The van der Waals surface area contributed by atoms with Gasteiger partial charge >= 0.3 is 12.0 Å². The second kappa shape index (κ2) is 6.31. The molecule has 0 bridgehead atoms. The van der Waals surface area contributed by atoms with Crippen molar-refractivity contribution in [1.82, 2.24) is 10.6 Å². The Morgan fingerprint density at radius 2 is 2.00 bits per heavy atom. The summed E-state index contributed by atoms with van der Waals surface area (Å²) in [5.74, 6) is -1.13. The molecule has 5 nitrogen and oxygen atoms in total. The van der Waals surface area contributed by atoms with Gasteiger partial charge in [-0.2, -0.15) is 11.8 Å². The molecule has 1 aliphatic carbocycles. The molecular formula is C12H22N2O3S. The number of nitrogens with one attached hydrogen (secondary N) is 2. The SMILES string of the molecule is CSC1(CNC(=O)NC(C(=O)O)C(C)C)CCC1. The van der Waals surface area contributed by atoms with Gasteiger partial charge in [-0.05, 0) is 25.0 Å². The molecule has 0 spiro atoms. The molecule has 18 heavy (non-hydrogen) atoms. The summed E-state index contributed by atoms with van der Waals surface area (Å²) in [6.45, 7) is 4.15. The van der Waals surface area contributed by atoms with Gasteiger partial charge in [-0.25, -0.2) is 9.59 Å². The Morgan fingerprint density at radius 3 is 2.33 bits per heavy atom. The molecule has 1 unspecified atom stereocenters. The number of rotatable bonds is 6. The fraction of sp³-hybridized carbons (Fsp3) is 0.833. The molecule has 6 heteroatoms. The highest BCUT2D eigenvalue weighted by molar-refractivity contribution is 8.00. The first-order valence-corrected chi connectivity index (χ1v) is 7.45. The molecule has 0 aromatic rings. The van der Waals surface area contributed by atoms with Crippen molar-refractivity contribution in [2.24, 2.45) is 5.92 Å². The molecule has 0 aromatic carbocycles. The van der Waals surface area contributed by atoms with Gasteiger partial charge in [-0.3, -0.25) is 0 Å². The van der Waals surface area contributed by atoms with Crippen LogP contribution in [0.1, 0.15) is 33.1 Å². The van der Waals surface area contributed by atoms with Gasteiger partial charge in [0.05, 0.1) is 0 Å². The minimum absolute atomic E-state index is 0.133. The number of carboxylic acids is 1. The van der Waals surface area contributed by atoms with E-state index in [1.807, 2.05) is 6.26 Å². The summed E-state index contributed by atoms with van der Waals surface area (Å²) in [6, 6.07) is -1.23. The summed E-state index contributed by atoms with van der Waals surface area (Å²) < 4.78 is 0.161. The van der Waals surface area contributed by atoms with Crippen LogP contribution in [0.15, 0.2) is 0 Å². The van der Waals surface area contributed by atoms with Crippen LogP contribution < -0.4 is 10.6 Å². The predicted octanol–water partition coefficient (Wildman–Crippen LogP) is 1.68. The van der Waals surface area contributed by atoms with Gasteiger partial charge in [0.25, 0.3) is 0 Å². The van der Waals surface area contributed by atoms with Gasteiger partial charge in [0.1, 0.15) is 6.04 Å². The summed E-state index contributed by atoms with van der Waals surface area (Å²) in [6.07, 6.45) is 5.47. The maximum absolute atomic E-state index is 11.7. The predicted molar refractivity (Wildman–Crippen MR) is 72.9 cm³/mol. The number of aliphatic carboxylic acids is 1. The highest BCUT2D eigenvalue weighted by Gasteiger charge is 2.36. The summed E-state index contributed by atoms with van der Waals surface area (Å²) in [7, 11) is 0. The molecule has 1 saturated carbocycles. The van der Waals surface area contributed by atoms with E-state index >= 15 is 0 Å². The normalized spacial score (nSPS) is 18.9. The molecule has 0 aromatic heterocycles. The third-order valence-corrected chi connectivity index (χ3v) is 4.91. The largest absolute Gasteiger partial charge is 0.480 e. The monoisotopic (exact) mass is 274 g/mol. The maximum atomic E-state index is 11.7. The Bertz CT molecular complexity index is 311. The molecule has 1 atom stereocenters. The van der Waals surface area contributed by atoms with E-state index < -0.39 is 18.0 Å². The van der Waals surface area contributed by atoms with Crippen molar-refractivity contribution in [3.63, 3.8) is 0 Å². The van der Waals surface area contributed by atoms with E-state index in [9.17, 15) is 9.59 Å². The average Bonchev–Trinajstić information content (AvgIpc) is 2.24. The molecule has 0 radical (unpaired) electrons. The summed E-state index contributed by atoms with van der Waals surface area (Å²) in [4.78, 5) is 22.6. The van der Waals surface area contributed by atoms with E-state index in [1.165, 1.54) is 6.42 Å². The third kappa shape index (κ3) is 3.80. The van der Waals surface area contributed by atoms with Crippen molar-refractivity contribution < 1.29 is 14.7 Å². The second-order valence-electron chi connectivity index (χ2n) is 5.13. The van der Waals surface area contributed by atoms with E-state index in [-0.39, 0.29) is 10.7 Å². The van der Waals surface area contributed by atoms with Gasteiger partial charge in [0.2, 0.25) is 0 Å². The number of amides is 2. The standard InChI is InChI=1S/C12H22N2O3S/c1-8(2)9(10(15)16)14-11(17)13-7-12(18-3)5-4-6-12/h8-9H,4-7H2,1-3H3,(H,15,16)(H2,13,14,17). The van der Waals surface area contributed by atoms with Crippen LogP contribution in [0.2, 0.25) is 0 Å². The summed E-state index contributed by atoms with van der Waals surface area (Å²) >= 11 is 1.77. The Kier molecular flexibility index (Phi) is 5.31. The van der Waals surface area contributed by atoms with Crippen LogP contribution in [-0.4, -0.2) is 40.7 Å². The molecule has 1 rings (SSSR count). The summed E-state index contributed by atoms with van der Waals surface area (Å²) in [5, 5.41) is 14.3. The number of carboxylic acid groups (broad SMARTS) is 1. The average molecular weight is 274 g/mol. The maximum Gasteiger partial charge on any atom is 0.326 e. The van der Waals surface area contributed by atoms with Crippen LogP contribution in [-0.2, 0) is 4.79 Å². The lowest BCUT2D eigenvalue weighted by Gasteiger charge is -2.40. The van der Waals surface area contributed by atoms with Gasteiger partial charge in [-0.15, -0.1) is 0 Å². The van der Waals surface area contributed by atoms with E-state index in [0.29, 0.717) is 6.54 Å². The fourth-order valence-electron chi connectivity index (χ4n) is 1.97. The first-order chi connectivity index (χ1) is 8.40. The van der Waals surface area contributed by atoms with Crippen molar-refractivity contribution in [2.75, 3.05) is 12.8 Å². The zero-order chi connectivity index (χ0) is 13.8. The lowest BCUT2D eigenvalue weighted by Crippen LogP contribution is -2.52. The Labute approximate surface area is 112 Å². The third-order valence-electron chi connectivity index (χ3n) is 3.49. The molecule has 1 fully saturated rings. The smallest absolute Gasteiger partial charge is 0.326 e. The van der Waals surface area contributed by atoms with E-state index in [2.05, 4.69) is 10.6 Å². The minimum Gasteiger partial charge on any atom is -0.480 e. The van der Waals surface area contributed by atoms with Crippen molar-refractivity contribution in [1.29, 1.82) is 0 Å². The number of hydrogen-bond acceptors (Lipinski definition) is 3. The van der Waals surface area contributed by atoms with Crippen LogP contribution >= 0.6 is 11.8 Å². The van der Waals surface area contributed by atoms with Crippen LogP contribution in [0.5, 0.6) is 0 Å². The molecule has 0 heterocycles.